The van der Waals surface area contributed by atoms with Gasteiger partial charge in [0.15, 0.2) is 0 Å². The molecule has 2 heterocycles. The molecule has 0 saturated carbocycles. The van der Waals surface area contributed by atoms with Crippen molar-refractivity contribution in [3.05, 3.63) is 46.5 Å². The van der Waals surface area contributed by atoms with Gasteiger partial charge in [-0.15, -0.1) is 0 Å². The molecular formula is C14H16N2O3S. The van der Waals surface area contributed by atoms with Gasteiger partial charge in [-0.1, -0.05) is 0 Å². The summed E-state index contributed by atoms with van der Waals surface area (Å²) in [4.78, 5) is 23.1. The highest BCUT2D eigenvalue weighted by molar-refractivity contribution is 7.07. The van der Waals surface area contributed by atoms with Gasteiger partial charge >= 0.3 is 0 Å². The van der Waals surface area contributed by atoms with E-state index in [1.807, 2.05) is 16.8 Å². The molecule has 20 heavy (non-hydrogen) atoms. The van der Waals surface area contributed by atoms with Crippen molar-refractivity contribution >= 4 is 23.2 Å². The minimum atomic E-state index is -0.231. The number of hydrogen-bond donors (Lipinski definition) is 2. The van der Waals surface area contributed by atoms with Crippen LogP contribution in [0, 0.1) is 0 Å². The van der Waals surface area contributed by atoms with E-state index in [0.29, 0.717) is 25.1 Å². The van der Waals surface area contributed by atoms with Crippen LogP contribution in [-0.4, -0.2) is 18.4 Å². The Balaban J connectivity index is 1.59. The monoisotopic (exact) mass is 292 g/mol. The SMILES string of the molecule is O=C(CCc1ccsc1)NCC(=O)NCc1ccco1. The van der Waals surface area contributed by atoms with Crippen molar-refractivity contribution in [1.82, 2.24) is 10.6 Å². The summed E-state index contributed by atoms with van der Waals surface area (Å²) < 4.78 is 5.09. The third kappa shape index (κ3) is 4.89. The molecule has 5 nitrogen and oxygen atoms in total. The van der Waals surface area contributed by atoms with Gasteiger partial charge in [-0.3, -0.25) is 9.59 Å². The Bertz CT molecular complexity index is 485. The van der Waals surface area contributed by atoms with E-state index in [0.717, 1.165) is 5.56 Å². The van der Waals surface area contributed by atoms with Crippen LogP contribution in [0.25, 0.3) is 0 Å². The molecule has 0 fully saturated rings. The Morgan fingerprint density at radius 2 is 2.10 bits per heavy atom. The normalized spacial score (nSPS) is 10.2. The molecule has 0 aliphatic carbocycles. The standard InChI is InChI=1S/C14H16N2O3S/c17-13(4-3-11-5-7-20-10-11)16-9-14(18)15-8-12-2-1-6-19-12/h1-2,5-7,10H,3-4,8-9H2,(H,15,18)(H,16,17). The van der Waals surface area contributed by atoms with Crippen LogP contribution in [0.4, 0.5) is 0 Å². The maximum absolute atomic E-state index is 11.6. The van der Waals surface area contributed by atoms with Crippen molar-refractivity contribution in [2.45, 2.75) is 19.4 Å². The zero-order valence-corrected chi connectivity index (χ0v) is 11.7. The fraction of sp³-hybridized carbons (Fsp3) is 0.286. The topological polar surface area (TPSA) is 71.3 Å². The summed E-state index contributed by atoms with van der Waals surface area (Å²) in [5, 5.41) is 9.26. The highest BCUT2D eigenvalue weighted by Crippen LogP contribution is 2.07. The molecule has 0 aromatic carbocycles. The Morgan fingerprint density at radius 3 is 2.80 bits per heavy atom. The number of carbonyl (C=O) groups is 2. The van der Waals surface area contributed by atoms with Crippen molar-refractivity contribution in [2.24, 2.45) is 0 Å². The van der Waals surface area contributed by atoms with Gasteiger partial charge in [0.2, 0.25) is 11.8 Å². The summed E-state index contributed by atoms with van der Waals surface area (Å²) in [5.74, 6) is 0.330. The van der Waals surface area contributed by atoms with Gasteiger partial charge < -0.3 is 15.1 Å². The number of nitrogens with one attached hydrogen (secondary N) is 2. The van der Waals surface area contributed by atoms with Crippen molar-refractivity contribution in [2.75, 3.05) is 6.54 Å². The second-order valence-corrected chi connectivity index (χ2v) is 5.04. The molecule has 0 radical (unpaired) electrons. The molecule has 0 saturated heterocycles. The Labute approximate surface area is 121 Å². The number of rotatable bonds is 7. The summed E-state index contributed by atoms with van der Waals surface area (Å²) in [5.41, 5.74) is 1.15. The lowest BCUT2D eigenvalue weighted by Crippen LogP contribution is -2.36. The lowest BCUT2D eigenvalue weighted by atomic mass is 10.2. The first kappa shape index (κ1) is 14.3. The Hall–Kier alpha value is -2.08. The van der Waals surface area contributed by atoms with Gasteiger partial charge in [-0.25, -0.2) is 0 Å². The summed E-state index contributed by atoms with van der Waals surface area (Å²) in [6.07, 6.45) is 2.64. The minimum Gasteiger partial charge on any atom is -0.467 e. The van der Waals surface area contributed by atoms with Gasteiger partial charge in [0.1, 0.15) is 5.76 Å². The molecule has 0 unspecified atom stereocenters. The third-order valence-corrected chi connectivity index (χ3v) is 3.44. The average molecular weight is 292 g/mol. The van der Waals surface area contributed by atoms with Crippen LogP contribution in [0.15, 0.2) is 39.6 Å². The molecule has 2 rings (SSSR count). The first-order valence-electron chi connectivity index (χ1n) is 6.31. The van der Waals surface area contributed by atoms with Gasteiger partial charge in [0, 0.05) is 6.42 Å². The quantitative estimate of drug-likeness (QED) is 0.816. The van der Waals surface area contributed by atoms with Crippen LogP contribution in [0.1, 0.15) is 17.7 Å². The fourth-order valence-corrected chi connectivity index (χ4v) is 2.32. The van der Waals surface area contributed by atoms with E-state index >= 15 is 0 Å². The lowest BCUT2D eigenvalue weighted by Gasteiger charge is -2.05. The second-order valence-electron chi connectivity index (χ2n) is 4.26. The van der Waals surface area contributed by atoms with Crippen LogP contribution in [0.3, 0.4) is 0 Å². The fourth-order valence-electron chi connectivity index (χ4n) is 1.62. The number of amides is 2. The van der Waals surface area contributed by atoms with E-state index in [1.165, 1.54) is 0 Å². The summed E-state index contributed by atoms with van der Waals surface area (Å²) >= 11 is 1.61. The van der Waals surface area contributed by atoms with Crippen LogP contribution in [0.2, 0.25) is 0 Å². The van der Waals surface area contributed by atoms with Crippen LogP contribution < -0.4 is 10.6 Å². The molecule has 2 N–H and O–H groups in total. The van der Waals surface area contributed by atoms with E-state index in [2.05, 4.69) is 10.6 Å². The maximum Gasteiger partial charge on any atom is 0.239 e. The molecule has 2 aromatic rings. The molecular weight excluding hydrogens is 276 g/mol. The van der Waals surface area contributed by atoms with Crippen LogP contribution >= 0.6 is 11.3 Å². The molecule has 0 bridgehead atoms. The number of thiophene rings is 1. The summed E-state index contributed by atoms with van der Waals surface area (Å²) in [7, 11) is 0. The lowest BCUT2D eigenvalue weighted by molar-refractivity contribution is -0.126. The summed E-state index contributed by atoms with van der Waals surface area (Å²) in [6, 6.07) is 5.53. The van der Waals surface area contributed by atoms with Crippen molar-refractivity contribution in [3.8, 4) is 0 Å². The molecule has 106 valence electrons. The van der Waals surface area contributed by atoms with Crippen molar-refractivity contribution < 1.29 is 14.0 Å². The van der Waals surface area contributed by atoms with Crippen molar-refractivity contribution in [1.29, 1.82) is 0 Å². The molecule has 6 heteroatoms. The number of furan rings is 1. The molecule has 2 amide bonds. The number of hydrogen-bond acceptors (Lipinski definition) is 4. The van der Waals surface area contributed by atoms with Gasteiger partial charge in [-0.2, -0.15) is 11.3 Å². The summed E-state index contributed by atoms with van der Waals surface area (Å²) in [6.45, 7) is 0.319. The molecule has 0 spiro atoms. The second kappa shape index (κ2) is 7.49. The van der Waals surface area contributed by atoms with Gasteiger partial charge in [0.05, 0.1) is 19.4 Å². The third-order valence-electron chi connectivity index (χ3n) is 2.71. The smallest absolute Gasteiger partial charge is 0.239 e. The van der Waals surface area contributed by atoms with Gasteiger partial charge in [0.25, 0.3) is 0 Å². The van der Waals surface area contributed by atoms with Gasteiger partial charge in [-0.05, 0) is 40.9 Å². The number of aryl methyl sites for hydroxylation is 1. The Morgan fingerprint density at radius 1 is 1.20 bits per heavy atom. The highest BCUT2D eigenvalue weighted by atomic mass is 32.1. The first-order chi connectivity index (χ1) is 9.74. The number of carbonyl (C=O) groups excluding carboxylic acids is 2. The van der Waals surface area contributed by atoms with E-state index in [-0.39, 0.29) is 18.4 Å². The zero-order chi connectivity index (χ0) is 14.2. The predicted octanol–water partition coefficient (Wildman–Crippen LogP) is 1.71. The van der Waals surface area contributed by atoms with Crippen LogP contribution in [0.5, 0.6) is 0 Å². The molecule has 2 aromatic heterocycles. The molecule has 0 aliphatic heterocycles. The predicted molar refractivity (Wildman–Crippen MR) is 76.2 cm³/mol. The van der Waals surface area contributed by atoms with E-state index in [1.54, 1.807) is 29.7 Å². The van der Waals surface area contributed by atoms with E-state index in [4.69, 9.17) is 4.42 Å². The average Bonchev–Trinajstić information content (AvgIpc) is 3.13. The highest BCUT2D eigenvalue weighted by Gasteiger charge is 2.06. The largest absolute Gasteiger partial charge is 0.467 e. The maximum atomic E-state index is 11.6. The molecule has 0 atom stereocenters. The van der Waals surface area contributed by atoms with Crippen LogP contribution in [-0.2, 0) is 22.6 Å². The van der Waals surface area contributed by atoms with E-state index in [9.17, 15) is 9.59 Å². The first-order valence-corrected chi connectivity index (χ1v) is 7.25. The van der Waals surface area contributed by atoms with E-state index < -0.39 is 0 Å². The van der Waals surface area contributed by atoms with Crippen molar-refractivity contribution in [3.63, 3.8) is 0 Å². The molecule has 0 aliphatic rings. The minimum absolute atomic E-state index is 0.0107. The zero-order valence-electron chi connectivity index (χ0n) is 10.9. The Kier molecular flexibility index (Phi) is 5.37.